The monoisotopic (exact) mass is 799 g/mol. The Hall–Kier alpha value is -3.00. The Morgan fingerprint density at radius 2 is 1.68 bits per heavy atom. The molecule has 0 aromatic rings. The highest BCUT2D eigenvalue weighted by atomic mass is 16.7. The van der Waals surface area contributed by atoms with Gasteiger partial charge in [-0.2, -0.15) is 0 Å². The third kappa shape index (κ3) is 12.0. The van der Waals surface area contributed by atoms with Crippen LogP contribution in [0.25, 0.3) is 0 Å². The molecule has 2 saturated heterocycles. The van der Waals surface area contributed by atoms with Gasteiger partial charge in [0, 0.05) is 58.6 Å². The lowest BCUT2D eigenvalue weighted by atomic mass is 9.82. The number of hydrogen-bond donors (Lipinski definition) is 2. The molecule has 2 N–H and O–H groups in total. The van der Waals surface area contributed by atoms with Crippen molar-refractivity contribution in [3.63, 3.8) is 0 Å². The maximum absolute atomic E-state index is 14.0. The van der Waals surface area contributed by atoms with E-state index in [2.05, 4.69) is 19.6 Å². The van der Waals surface area contributed by atoms with Crippen LogP contribution in [0.1, 0.15) is 98.8 Å². The third-order valence-corrected chi connectivity index (χ3v) is 12.6. The molecule has 320 valence electrons. The molecule has 12 nitrogen and oxygen atoms in total. The Morgan fingerprint density at radius 1 is 1.00 bits per heavy atom. The van der Waals surface area contributed by atoms with E-state index in [1.807, 2.05) is 32.9 Å². The molecule has 1 aliphatic carbocycles. The number of aliphatic hydroxyl groups excluding tert-OH is 1. The highest BCUT2D eigenvalue weighted by Crippen LogP contribution is 2.39. The SMILES string of the molecule is C=CC[C@@H]1/C=C(\C)C[C@@H](C)C[C@H](OC)[C@H]2O[C@@](O)(C(=O)C(=O)N3CCC[C@H](C3)C(=O)OC(C/C(C)=C/[C@@H]3CC[C@@H](O)[C@H](OC)C3)[C@@H](C)/C=C/C1=O)[C@H](C)C[C@@H]2OC. The van der Waals surface area contributed by atoms with E-state index in [1.54, 1.807) is 40.4 Å². The van der Waals surface area contributed by atoms with Gasteiger partial charge < -0.3 is 38.8 Å². The van der Waals surface area contributed by atoms with Crippen LogP contribution in [0.5, 0.6) is 0 Å². The number of rotatable bonds is 8. The third-order valence-electron chi connectivity index (χ3n) is 12.6. The Morgan fingerprint density at radius 3 is 2.35 bits per heavy atom. The van der Waals surface area contributed by atoms with Crippen LogP contribution in [0.4, 0.5) is 0 Å². The lowest BCUT2D eigenvalue weighted by Crippen LogP contribution is -2.63. The summed E-state index contributed by atoms with van der Waals surface area (Å²) in [5.74, 6) is -6.97. The van der Waals surface area contributed by atoms with E-state index >= 15 is 0 Å². The molecule has 12 heteroatoms. The molecular weight excluding hydrogens is 730 g/mol. The fraction of sp³-hybridized carbons (Fsp3) is 0.733. The number of esters is 1. The van der Waals surface area contributed by atoms with Crippen molar-refractivity contribution in [2.75, 3.05) is 34.4 Å². The van der Waals surface area contributed by atoms with Gasteiger partial charge in [0.25, 0.3) is 11.7 Å². The molecule has 0 radical (unpaired) electrons. The van der Waals surface area contributed by atoms with Crippen molar-refractivity contribution in [3.05, 3.63) is 48.1 Å². The van der Waals surface area contributed by atoms with Gasteiger partial charge in [-0.05, 0) is 89.5 Å². The van der Waals surface area contributed by atoms with Crippen LogP contribution in [0.3, 0.4) is 0 Å². The molecule has 3 heterocycles. The van der Waals surface area contributed by atoms with Gasteiger partial charge >= 0.3 is 5.97 Å². The number of piperidine rings is 1. The van der Waals surface area contributed by atoms with Crippen LogP contribution in [-0.4, -0.2) is 115 Å². The van der Waals surface area contributed by atoms with E-state index in [0.29, 0.717) is 51.4 Å². The number of hydrogen-bond acceptors (Lipinski definition) is 11. The van der Waals surface area contributed by atoms with Crippen LogP contribution >= 0.6 is 0 Å². The summed E-state index contributed by atoms with van der Waals surface area (Å²) in [6, 6.07) is 0. The summed E-state index contributed by atoms with van der Waals surface area (Å²) >= 11 is 0. The predicted octanol–water partition coefficient (Wildman–Crippen LogP) is 5.69. The number of Topliss-reactive ketones (excluding diaryl/α,β-unsaturated/α-hetero) is 1. The molecule has 0 aromatic heterocycles. The molecule has 4 bridgehead atoms. The number of aliphatic hydroxyl groups is 2. The summed E-state index contributed by atoms with van der Waals surface area (Å²) in [5, 5.41) is 22.3. The van der Waals surface area contributed by atoms with Crippen LogP contribution in [0.15, 0.2) is 48.1 Å². The summed E-state index contributed by atoms with van der Waals surface area (Å²) in [5.41, 5.74) is 2.03. The molecule has 1 unspecified atom stereocenters. The second-order valence-corrected chi connectivity index (χ2v) is 17.3. The predicted molar refractivity (Wildman–Crippen MR) is 216 cm³/mol. The second kappa shape index (κ2) is 21.3. The first-order chi connectivity index (χ1) is 27.0. The molecule has 3 aliphatic heterocycles. The maximum Gasteiger partial charge on any atom is 0.311 e. The molecule has 4 rings (SSSR count). The Kier molecular flexibility index (Phi) is 17.5. The first-order valence-electron chi connectivity index (χ1n) is 20.9. The van der Waals surface area contributed by atoms with E-state index in [-0.39, 0.29) is 49.2 Å². The lowest BCUT2D eigenvalue weighted by molar-refractivity contribution is -0.302. The number of allylic oxidation sites excluding steroid dienone is 5. The van der Waals surface area contributed by atoms with Crippen molar-refractivity contribution in [3.8, 4) is 0 Å². The van der Waals surface area contributed by atoms with Crippen LogP contribution in [0.2, 0.25) is 0 Å². The van der Waals surface area contributed by atoms with Crippen LogP contribution in [0, 0.1) is 35.5 Å². The van der Waals surface area contributed by atoms with Crippen molar-refractivity contribution in [2.45, 2.75) is 141 Å². The summed E-state index contributed by atoms with van der Waals surface area (Å²) in [6.45, 7) is 13.7. The first-order valence-corrected chi connectivity index (χ1v) is 20.9. The van der Waals surface area contributed by atoms with Crippen LogP contribution < -0.4 is 0 Å². The van der Waals surface area contributed by atoms with Crippen molar-refractivity contribution in [1.82, 2.24) is 4.90 Å². The van der Waals surface area contributed by atoms with E-state index in [4.69, 9.17) is 23.7 Å². The minimum atomic E-state index is -2.42. The molecule has 1 saturated carbocycles. The average Bonchev–Trinajstić information content (AvgIpc) is 3.19. The molecule has 0 aromatic carbocycles. The van der Waals surface area contributed by atoms with E-state index in [0.717, 1.165) is 17.6 Å². The average molecular weight is 800 g/mol. The van der Waals surface area contributed by atoms with Gasteiger partial charge in [-0.1, -0.05) is 56.2 Å². The number of fused-ring (bicyclic) bond motifs is 4. The van der Waals surface area contributed by atoms with E-state index < -0.39 is 71.7 Å². The summed E-state index contributed by atoms with van der Waals surface area (Å²) in [4.78, 5) is 57.0. The number of ketones is 2. The quantitative estimate of drug-likeness (QED) is 0.177. The molecule has 1 amide bonds. The number of ether oxygens (including phenoxy) is 5. The van der Waals surface area contributed by atoms with Gasteiger partial charge in [0.15, 0.2) is 5.78 Å². The van der Waals surface area contributed by atoms with Crippen molar-refractivity contribution in [2.24, 2.45) is 35.5 Å². The van der Waals surface area contributed by atoms with Crippen molar-refractivity contribution in [1.29, 1.82) is 0 Å². The van der Waals surface area contributed by atoms with Gasteiger partial charge in [0.2, 0.25) is 5.79 Å². The van der Waals surface area contributed by atoms with Gasteiger partial charge in [0.05, 0.1) is 30.3 Å². The van der Waals surface area contributed by atoms with Gasteiger partial charge in [-0.15, -0.1) is 6.58 Å². The number of carbonyl (C=O) groups is 4. The number of carbonyl (C=O) groups excluding carboxylic acids is 4. The molecule has 57 heavy (non-hydrogen) atoms. The Balaban J connectivity index is 1.69. The number of methoxy groups -OCH3 is 3. The summed E-state index contributed by atoms with van der Waals surface area (Å²) in [7, 11) is 4.70. The second-order valence-electron chi connectivity index (χ2n) is 17.3. The zero-order valence-corrected chi connectivity index (χ0v) is 35.5. The molecule has 3 fully saturated rings. The Bertz CT molecular complexity index is 1510. The maximum atomic E-state index is 14.0. The van der Waals surface area contributed by atoms with Gasteiger partial charge in [-0.3, -0.25) is 19.2 Å². The first kappa shape index (κ1) is 46.7. The smallest absolute Gasteiger partial charge is 0.311 e. The highest BCUT2D eigenvalue weighted by Gasteiger charge is 2.56. The number of nitrogens with zero attached hydrogens (tertiary/aromatic N) is 1. The molecule has 13 atom stereocenters. The topological polar surface area (TPSA) is 158 Å². The minimum Gasteiger partial charge on any atom is -0.461 e. The standard InChI is InChI=1S/C45H69NO11/c1-10-12-33-21-27(2)19-28(3)23-39(54-8)41-40(55-9)24-31(6)45(52,57-41)42(49)43(50)46-18-11-13-34(26-46)44(51)56-37(30(5)14-16-35(33)47)22-29(4)20-32-15-17-36(48)38(25-32)53-7/h10,14,16,20-21,28,30-34,36-41,48,52H,1,11-13,15,17-19,22-26H2,2-9H3/b16-14+,27-21+,29-20+/t28-,30+,31-,32+,33-,34-,36-,37?,38-,39+,40+,41-,45-/m1/s1. The number of cyclic esters (lactones) is 1. The van der Waals surface area contributed by atoms with Gasteiger partial charge in [0.1, 0.15) is 12.2 Å². The summed E-state index contributed by atoms with van der Waals surface area (Å²) < 4.78 is 29.7. The van der Waals surface area contributed by atoms with Crippen LogP contribution in [-0.2, 0) is 42.9 Å². The van der Waals surface area contributed by atoms with Crippen molar-refractivity contribution < 1.29 is 53.1 Å². The van der Waals surface area contributed by atoms with Gasteiger partial charge in [-0.25, -0.2) is 0 Å². The fourth-order valence-electron chi connectivity index (χ4n) is 9.18. The Labute approximate surface area is 340 Å². The van der Waals surface area contributed by atoms with Crippen molar-refractivity contribution >= 4 is 23.4 Å². The zero-order chi connectivity index (χ0) is 42.0. The minimum absolute atomic E-state index is 0.0435. The summed E-state index contributed by atoms with van der Waals surface area (Å²) in [6.07, 6.45) is 11.3. The fourth-order valence-corrected chi connectivity index (χ4v) is 9.18. The number of amides is 1. The highest BCUT2D eigenvalue weighted by molar-refractivity contribution is 6.38. The zero-order valence-electron chi connectivity index (χ0n) is 35.5. The van der Waals surface area contributed by atoms with E-state index in [9.17, 15) is 29.4 Å². The lowest BCUT2D eigenvalue weighted by Gasteiger charge is -2.46. The molecular formula is C45H69NO11. The normalized spacial score (nSPS) is 39.9. The largest absolute Gasteiger partial charge is 0.461 e. The molecule has 0 spiro atoms. The van der Waals surface area contributed by atoms with E-state index in [1.165, 1.54) is 4.90 Å². The molecule has 4 aliphatic rings.